The van der Waals surface area contributed by atoms with Crippen LogP contribution in [0.4, 0.5) is 0 Å². The van der Waals surface area contributed by atoms with E-state index in [2.05, 4.69) is 5.32 Å². The lowest BCUT2D eigenvalue weighted by Gasteiger charge is -2.17. The Labute approximate surface area is 146 Å². The highest BCUT2D eigenvalue weighted by atomic mass is 32.2. The highest BCUT2D eigenvalue weighted by Crippen LogP contribution is 2.18. The summed E-state index contributed by atoms with van der Waals surface area (Å²) < 4.78 is 28.3. The molecule has 1 aromatic carbocycles. The van der Waals surface area contributed by atoms with E-state index in [-0.39, 0.29) is 29.0 Å². The Hall–Kier alpha value is -2.42. The molecule has 25 heavy (non-hydrogen) atoms. The van der Waals surface area contributed by atoms with Crippen LogP contribution in [-0.2, 0) is 24.2 Å². The van der Waals surface area contributed by atoms with Crippen molar-refractivity contribution in [3.8, 4) is 0 Å². The predicted molar refractivity (Wildman–Crippen MR) is 88.6 cm³/mol. The van der Waals surface area contributed by atoms with Crippen LogP contribution in [0.5, 0.6) is 0 Å². The van der Waals surface area contributed by atoms with Crippen molar-refractivity contribution in [1.29, 1.82) is 0 Å². The first-order valence-corrected chi connectivity index (χ1v) is 9.57. The molecule has 0 aromatic heterocycles. The molecule has 1 N–H and O–H groups in total. The van der Waals surface area contributed by atoms with Gasteiger partial charge < -0.3 is 15.0 Å². The first-order valence-electron chi connectivity index (χ1n) is 7.68. The summed E-state index contributed by atoms with van der Waals surface area (Å²) in [6, 6.07) is 5.80. The van der Waals surface area contributed by atoms with Crippen LogP contribution in [0.1, 0.15) is 23.2 Å². The number of nitrogens with one attached hydrogen (secondary N) is 1. The van der Waals surface area contributed by atoms with Gasteiger partial charge in [-0.1, -0.05) is 12.1 Å². The number of likely N-dealkylation sites (N-methyl/N-ethyl adjacent to an activating group) is 1. The van der Waals surface area contributed by atoms with Gasteiger partial charge in [0.1, 0.15) is 0 Å². The molecule has 1 fully saturated rings. The van der Waals surface area contributed by atoms with E-state index >= 15 is 0 Å². The van der Waals surface area contributed by atoms with Crippen molar-refractivity contribution in [2.75, 3.05) is 26.5 Å². The number of rotatable bonds is 7. The summed E-state index contributed by atoms with van der Waals surface area (Å²) in [5, 5.41) is 2.75. The maximum atomic E-state index is 12.1. The summed E-state index contributed by atoms with van der Waals surface area (Å²) >= 11 is 0. The Morgan fingerprint density at radius 1 is 1.24 bits per heavy atom. The normalized spacial score (nSPS) is 13.8. The Balaban J connectivity index is 1.91. The van der Waals surface area contributed by atoms with Crippen molar-refractivity contribution in [2.24, 2.45) is 0 Å². The number of hydrogen-bond acceptors (Lipinski definition) is 6. The second kappa shape index (κ2) is 7.64. The minimum Gasteiger partial charge on any atom is -0.452 e. The molecule has 2 amide bonds. The van der Waals surface area contributed by atoms with E-state index in [1.165, 1.54) is 31.3 Å². The number of benzene rings is 1. The summed E-state index contributed by atoms with van der Waals surface area (Å²) in [5.74, 6) is -1.74. The average Bonchev–Trinajstić information content (AvgIpc) is 3.35. The molecule has 2 rings (SSSR count). The van der Waals surface area contributed by atoms with Crippen molar-refractivity contribution in [1.82, 2.24) is 10.2 Å². The largest absolute Gasteiger partial charge is 0.452 e. The molecular formula is C16H20N2O6S. The minimum absolute atomic E-state index is 0.132. The molecule has 9 heteroatoms. The molecule has 0 saturated heterocycles. The van der Waals surface area contributed by atoms with E-state index in [0.717, 1.165) is 24.0 Å². The number of nitrogens with zero attached hydrogens (tertiary/aromatic N) is 1. The van der Waals surface area contributed by atoms with Gasteiger partial charge in [0.25, 0.3) is 5.91 Å². The van der Waals surface area contributed by atoms with Crippen LogP contribution in [0.3, 0.4) is 0 Å². The monoisotopic (exact) mass is 368 g/mol. The second-order valence-electron chi connectivity index (χ2n) is 5.94. The van der Waals surface area contributed by atoms with Crippen LogP contribution in [0.2, 0.25) is 0 Å². The minimum atomic E-state index is -3.60. The zero-order chi connectivity index (χ0) is 18.6. The van der Waals surface area contributed by atoms with E-state index in [4.69, 9.17) is 4.74 Å². The van der Waals surface area contributed by atoms with E-state index in [0.29, 0.717) is 0 Å². The first-order chi connectivity index (χ1) is 11.7. The summed E-state index contributed by atoms with van der Waals surface area (Å²) in [6.07, 6.45) is 2.87. The third-order valence-electron chi connectivity index (χ3n) is 3.58. The maximum Gasteiger partial charge on any atom is 0.339 e. The molecule has 0 aliphatic heterocycles. The van der Waals surface area contributed by atoms with Crippen LogP contribution in [0.15, 0.2) is 29.2 Å². The highest BCUT2D eigenvalue weighted by Gasteiger charge is 2.25. The molecule has 8 nitrogen and oxygen atoms in total. The van der Waals surface area contributed by atoms with Gasteiger partial charge in [0.2, 0.25) is 5.91 Å². The van der Waals surface area contributed by atoms with E-state index in [1.807, 2.05) is 0 Å². The van der Waals surface area contributed by atoms with Crippen molar-refractivity contribution in [2.45, 2.75) is 23.8 Å². The van der Waals surface area contributed by atoms with Crippen LogP contribution < -0.4 is 5.32 Å². The topological polar surface area (TPSA) is 110 Å². The molecule has 0 heterocycles. The summed E-state index contributed by atoms with van der Waals surface area (Å²) in [7, 11) is -2.18. The molecular weight excluding hydrogens is 348 g/mol. The van der Waals surface area contributed by atoms with Gasteiger partial charge >= 0.3 is 5.97 Å². The van der Waals surface area contributed by atoms with Crippen LogP contribution in [0, 0.1) is 0 Å². The summed E-state index contributed by atoms with van der Waals surface area (Å²) in [4.78, 5) is 36.7. The highest BCUT2D eigenvalue weighted by molar-refractivity contribution is 7.90. The van der Waals surface area contributed by atoms with Crippen molar-refractivity contribution < 1.29 is 27.5 Å². The quantitative estimate of drug-likeness (QED) is 0.678. The number of sulfone groups is 1. The van der Waals surface area contributed by atoms with Gasteiger partial charge in [-0.05, 0) is 25.0 Å². The zero-order valence-corrected chi connectivity index (χ0v) is 14.8. The van der Waals surface area contributed by atoms with Crippen molar-refractivity contribution >= 4 is 27.6 Å². The van der Waals surface area contributed by atoms with Crippen molar-refractivity contribution in [3.05, 3.63) is 29.8 Å². The molecule has 1 saturated carbocycles. The number of carbonyl (C=O) groups excluding carboxylic acids is 3. The SMILES string of the molecule is CN(CC(=O)NC1CC1)C(=O)COC(=O)c1ccccc1S(C)(=O)=O. The molecule has 0 spiro atoms. The van der Waals surface area contributed by atoms with E-state index < -0.39 is 28.3 Å². The van der Waals surface area contributed by atoms with Crippen LogP contribution >= 0.6 is 0 Å². The van der Waals surface area contributed by atoms with E-state index in [1.54, 1.807) is 0 Å². The number of carbonyl (C=O) groups is 3. The Kier molecular flexibility index (Phi) is 5.78. The molecule has 1 aromatic rings. The average molecular weight is 368 g/mol. The third kappa shape index (κ3) is 5.56. The Morgan fingerprint density at radius 2 is 1.88 bits per heavy atom. The van der Waals surface area contributed by atoms with Gasteiger partial charge in [-0.15, -0.1) is 0 Å². The lowest BCUT2D eigenvalue weighted by atomic mass is 10.2. The zero-order valence-electron chi connectivity index (χ0n) is 14.0. The molecule has 1 aliphatic rings. The fourth-order valence-electron chi connectivity index (χ4n) is 2.08. The molecule has 0 radical (unpaired) electrons. The van der Waals surface area contributed by atoms with E-state index in [9.17, 15) is 22.8 Å². The predicted octanol–water partition coefficient (Wildman–Crippen LogP) is -0.0161. The Morgan fingerprint density at radius 3 is 2.48 bits per heavy atom. The van der Waals surface area contributed by atoms with Gasteiger partial charge in [0.15, 0.2) is 16.4 Å². The van der Waals surface area contributed by atoms with Gasteiger partial charge in [0, 0.05) is 19.3 Å². The third-order valence-corrected chi connectivity index (χ3v) is 4.74. The standard InChI is InChI=1S/C16H20N2O6S/c1-18(9-14(19)17-11-7-8-11)15(20)10-24-16(21)12-5-3-4-6-13(12)25(2,22)23/h3-6,11H,7-10H2,1-2H3,(H,17,19). The van der Waals surface area contributed by atoms with Crippen LogP contribution in [0.25, 0.3) is 0 Å². The molecule has 0 atom stereocenters. The number of hydrogen-bond donors (Lipinski definition) is 1. The Bertz CT molecular complexity index is 786. The van der Waals surface area contributed by atoms with Crippen molar-refractivity contribution in [3.63, 3.8) is 0 Å². The van der Waals surface area contributed by atoms with Gasteiger partial charge in [-0.2, -0.15) is 0 Å². The lowest BCUT2D eigenvalue weighted by Crippen LogP contribution is -2.40. The molecule has 0 bridgehead atoms. The summed E-state index contributed by atoms with van der Waals surface area (Å²) in [5.41, 5.74) is -0.132. The second-order valence-corrected chi connectivity index (χ2v) is 7.92. The maximum absolute atomic E-state index is 12.1. The smallest absolute Gasteiger partial charge is 0.339 e. The number of amides is 2. The van der Waals surface area contributed by atoms with Gasteiger partial charge in [0.05, 0.1) is 17.0 Å². The molecule has 0 unspecified atom stereocenters. The summed E-state index contributed by atoms with van der Waals surface area (Å²) in [6.45, 7) is -0.711. The molecule has 136 valence electrons. The van der Waals surface area contributed by atoms with Gasteiger partial charge in [-0.3, -0.25) is 9.59 Å². The number of esters is 1. The lowest BCUT2D eigenvalue weighted by molar-refractivity contribution is -0.137. The number of ether oxygens (including phenoxy) is 1. The van der Waals surface area contributed by atoms with Gasteiger partial charge in [-0.25, -0.2) is 13.2 Å². The first kappa shape index (κ1) is 18.9. The van der Waals surface area contributed by atoms with Crippen LogP contribution in [-0.4, -0.2) is 63.6 Å². The fraction of sp³-hybridized carbons (Fsp3) is 0.438. The molecule has 1 aliphatic carbocycles. The fourth-order valence-corrected chi connectivity index (χ4v) is 2.96.